The van der Waals surface area contributed by atoms with Crippen molar-refractivity contribution in [3.63, 3.8) is 0 Å². The summed E-state index contributed by atoms with van der Waals surface area (Å²) in [5, 5.41) is 0.480. The summed E-state index contributed by atoms with van der Waals surface area (Å²) >= 11 is 9.54. The van der Waals surface area contributed by atoms with Gasteiger partial charge in [0.05, 0.1) is 5.02 Å². The number of anilines is 2. The second-order valence-corrected chi connectivity index (χ2v) is 5.44. The molecule has 0 saturated heterocycles. The lowest BCUT2D eigenvalue weighted by molar-refractivity contribution is 0.104. The van der Waals surface area contributed by atoms with Crippen LogP contribution in [0.4, 0.5) is 11.4 Å². The van der Waals surface area contributed by atoms with Gasteiger partial charge in [-0.1, -0.05) is 11.6 Å². The monoisotopic (exact) mass is 322 g/mol. The van der Waals surface area contributed by atoms with Gasteiger partial charge < -0.3 is 11.5 Å². The zero-order valence-corrected chi connectivity index (χ0v) is 11.5. The molecule has 0 unspecified atom stereocenters. The molecule has 0 saturated carbocycles. The molecule has 0 spiro atoms. The van der Waals surface area contributed by atoms with Crippen LogP contribution in [0.5, 0.6) is 0 Å². The molecule has 0 aliphatic heterocycles. The van der Waals surface area contributed by atoms with E-state index in [1.165, 1.54) is 0 Å². The molecule has 2 aromatic rings. The molecule has 1 aliphatic rings. The molecule has 0 amide bonds. The number of hydrogen-bond donors (Lipinski definition) is 2. The van der Waals surface area contributed by atoms with Gasteiger partial charge in [-0.15, -0.1) is 0 Å². The number of nitrogen functional groups attached to an aromatic ring is 2. The summed E-state index contributed by atoms with van der Waals surface area (Å²) in [7, 11) is 0. The van der Waals surface area contributed by atoms with Gasteiger partial charge in [0, 0.05) is 32.5 Å². The van der Waals surface area contributed by atoms with Crippen LogP contribution in [0.25, 0.3) is 11.1 Å². The maximum absolute atomic E-state index is 12.3. The van der Waals surface area contributed by atoms with Crippen LogP contribution in [-0.2, 0) is 0 Å². The van der Waals surface area contributed by atoms with Gasteiger partial charge in [-0.05, 0) is 45.8 Å². The van der Waals surface area contributed by atoms with Crippen LogP contribution < -0.4 is 11.5 Å². The molecule has 90 valence electrons. The predicted octanol–water partition coefficient (Wildman–Crippen LogP) is 3.48. The largest absolute Gasteiger partial charge is 0.399 e. The average molecular weight is 324 g/mol. The Hall–Kier alpha value is -1.52. The lowest BCUT2D eigenvalue weighted by Gasteiger charge is -2.05. The number of carbonyl (C=O) groups excluding carboxylic acids is 1. The maximum Gasteiger partial charge on any atom is 0.194 e. The molecular weight excluding hydrogens is 316 g/mol. The highest BCUT2D eigenvalue weighted by molar-refractivity contribution is 9.10. The fourth-order valence-corrected chi connectivity index (χ4v) is 2.88. The van der Waals surface area contributed by atoms with Gasteiger partial charge in [0.2, 0.25) is 0 Å². The van der Waals surface area contributed by atoms with Crippen molar-refractivity contribution in [3.05, 3.63) is 44.9 Å². The molecule has 0 aromatic heterocycles. The second kappa shape index (κ2) is 3.73. The topological polar surface area (TPSA) is 69.1 Å². The fourth-order valence-electron chi connectivity index (χ4n) is 2.21. The van der Waals surface area contributed by atoms with E-state index in [1.807, 2.05) is 6.07 Å². The Morgan fingerprint density at radius 1 is 1.00 bits per heavy atom. The van der Waals surface area contributed by atoms with Crippen molar-refractivity contribution in [2.45, 2.75) is 0 Å². The zero-order valence-electron chi connectivity index (χ0n) is 9.13. The van der Waals surface area contributed by atoms with E-state index >= 15 is 0 Å². The van der Waals surface area contributed by atoms with E-state index in [0.29, 0.717) is 27.5 Å². The molecule has 1 aliphatic carbocycles. The molecule has 3 rings (SSSR count). The van der Waals surface area contributed by atoms with Crippen molar-refractivity contribution < 1.29 is 4.79 Å². The summed E-state index contributed by atoms with van der Waals surface area (Å²) in [5.41, 5.74) is 15.1. The molecule has 18 heavy (non-hydrogen) atoms. The van der Waals surface area contributed by atoms with Crippen LogP contribution in [0, 0.1) is 0 Å². The Bertz CT molecular complexity index is 713. The first-order valence-corrected chi connectivity index (χ1v) is 6.39. The Morgan fingerprint density at radius 2 is 1.72 bits per heavy atom. The highest BCUT2D eigenvalue weighted by Crippen LogP contribution is 2.44. The lowest BCUT2D eigenvalue weighted by Crippen LogP contribution is -1.98. The standard InChI is InChI=1S/C13H8BrClN2O/c14-9-3-6-7(4-11(9)17)13(18)8-1-5(16)2-10(15)12(6)8/h1-4H,16-17H2. The van der Waals surface area contributed by atoms with Crippen LogP contribution in [0.1, 0.15) is 15.9 Å². The third-order valence-electron chi connectivity index (χ3n) is 3.01. The fraction of sp³-hybridized carbons (Fsp3) is 0. The number of hydrogen-bond acceptors (Lipinski definition) is 3. The van der Waals surface area contributed by atoms with Crippen molar-refractivity contribution in [1.82, 2.24) is 0 Å². The minimum absolute atomic E-state index is 0.0894. The number of rotatable bonds is 0. The number of nitrogens with two attached hydrogens (primary N) is 2. The Kier molecular flexibility index (Phi) is 2.40. The van der Waals surface area contributed by atoms with E-state index in [1.54, 1.807) is 18.2 Å². The zero-order chi connectivity index (χ0) is 13.0. The van der Waals surface area contributed by atoms with Gasteiger partial charge >= 0.3 is 0 Å². The van der Waals surface area contributed by atoms with Gasteiger partial charge in [-0.2, -0.15) is 0 Å². The summed E-state index contributed by atoms with van der Waals surface area (Å²) in [6.07, 6.45) is 0. The molecule has 5 heteroatoms. The third kappa shape index (κ3) is 1.46. The van der Waals surface area contributed by atoms with Crippen LogP contribution in [0.15, 0.2) is 28.7 Å². The molecule has 4 N–H and O–H groups in total. The van der Waals surface area contributed by atoms with Crippen LogP contribution >= 0.6 is 27.5 Å². The van der Waals surface area contributed by atoms with Gasteiger partial charge in [0.1, 0.15) is 0 Å². The van der Waals surface area contributed by atoms with Gasteiger partial charge in [0.25, 0.3) is 0 Å². The number of fused-ring (bicyclic) bond motifs is 3. The van der Waals surface area contributed by atoms with Crippen molar-refractivity contribution in [1.29, 1.82) is 0 Å². The highest BCUT2D eigenvalue weighted by atomic mass is 79.9. The van der Waals surface area contributed by atoms with E-state index in [-0.39, 0.29) is 5.78 Å². The summed E-state index contributed by atoms with van der Waals surface area (Å²) in [4.78, 5) is 12.3. The minimum atomic E-state index is -0.0894. The molecule has 0 radical (unpaired) electrons. The van der Waals surface area contributed by atoms with E-state index in [4.69, 9.17) is 23.1 Å². The van der Waals surface area contributed by atoms with Gasteiger partial charge in [-0.3, -0.25) is 4.79 Å². The van der Waals surface area contributed by atoms with E-state index in [0.717, 1.165) is 15.6 Å². The maximum atomic E-state index is 12.3. The summed E-state index contributed by atoms with van der Waals surface area (Å²) in [5.74, 6) is -0.0894. The summed E-state index contributed by atoms with van der Waals surface area (Å²) in [6, 6.07) is 6.77. The smallest absolute Gasteiger partial charge is 0.194 e. The molecule has 0 heterocycles. The minimum Gasteiger partial charge on any atom is -0.399 e. The Morgan fingerprint density at radius 3 is 2.44 bits per heavy atom. The third-order valence-corrected chi connectivity index (χ3v) is 3.99. The first-order valence-electron chi connectivity index (χ1n) is 5.22. The Labute approximate surface area is 117 Å². The SMILES string of the molecule is Nc1cc(Cl)c2c(c1)C(=O)c1cc(N)c(Br)cc1-2. The van der Waals surface area contributed by atoms with Crippen LogP contribution in [0.3, 0.4) is 0 Å². The van der Waals surface area contributed by atoms with Gasteiger partial charge in [-0.25, -0.2) is 0 Å². The molecular formula is C13H8BrClN2O. The van der Waals surface area contributed by atoms with Crippen molar-refractivity contribution >= 4 is 44.7 Å². The number of carbonyl (C=O) groups is 1. The number of halogens is 2. The molecule has 0 fully saturated rings. The van der Waals surface area contributed by atoms with Crippen molar-refractivity contribution in [2.75, 3.05) is 11.5 Å². The lowest BCUT2D eigenvalue weighted by atomic mass is 10.1. The van der Waals surface area contributed by atoms with Crippen molar-refractivity contribution in [3.8, 4) is 11.1 Å². The summed E-state index contributed by atoms with van der Waals surface area (Å²) in [6.45, 7) is 0. The Balaban J connectivity index is 2.41. The van der Waals surface area contributed by atoms with Crippen molar-refractivity contribution in [2.24, 2.45) is 0 Å². The highest BCUT2D eigenvalue weighted by Gasteiger charge is 2.29. The van der Waals surface area contributed by atoms with Gasteiger partial charge in [0.15, 0.2) is 5.78 Å². The normalized spacial score (nSPS) is 12.4. The average Bonchev–Trinajstić information content (AvgIpc) is 2.54. The molecule has 0 atom stereocenters. The van der Waals surface area contributed by atoms with Crippen LogP contribution in [0.2, 0.25) is 5.02 Å². The quantitative estimate of drug-likeness (QED) is 0.622. The van der Waals surface area contributed by atoms with E-state index in [9.17, 15) is 4.79 Å². The van der Waals surface area contributed by atoms with E-state index in [2.05, 4.69) is 15.9 Å². The molecule has 2 aromatic carbocycles. The predicted molar refractivity (Wildman–Crippen MR) is 76.8 cm³/mol. The van der Waals surface area contributed by atoms with Crippen LogP contribution in [-0.4, -0.2) is 5.78 Å². The molecule has 0 bridgehead atoms. The van der Waals surface area contributed by atoms with E-state index < -0.39 is 0 Å². The first-order chi connectivity index (χ1) is 8.49. The summed E-state index contributed by atoms with van der Waals surface area (Å²) < 4.78 is 0.745. The molecule has 3 nitrogen and oxygen atoms in total. The second-order valence-electron chi connectivity index (χ2n) is 4.17. The number of ketones is 1. The first kappa shape index (κ1) is 11.6. The number of benzene rings is 2.